The van der Waals surface area contributed by atoms with E-state index >= 15 is 0 Å². The SMILES string of the molecule is CCc1ccc(C(O)c2ccc3c(c2)OCCCO3)cc1. The van der Waals surface area contributed by atoms with E-state index in [4.69, 9.17) is 9.47 Å². The van der Waals surface area contributed by atoms with Gasteiger partial charge in [0.05, 0.1) is 13.2 Å². The van der Waals surface area contributed by atoms with Gasteiger partial charge in [-0.3, -0.25) is 0 Å². The van der Waals surface area contributed by atoms with E-state index in [1.807, 2.05) is 30.3 Å². The van der Waals surface area contributed by atoms with Crippen LogP contribution in [0.4, 0.5) is 0 Å². The summed E-state index contributed by atoms with van der Waals surface area (Å²) in [6.45, 7) is 3.44. The third-order valence-corrected chi connectivity index (χ3v) is 3.79. The standard InChI is InChI=1S/C18H20O3/c1-2-13-4-6-14(7-5-13)18(19)15-8-9-16-17(12-15)21-11-3-10-20-16/h4-9,12,18-19H,2-3,10-11H2,1H3. The Morgan fingerprint density at radius 2 is 1.62 bits per heavy atom. The highest BCUT2D eigenvalue weighted by molar-refractivity contribution is 5.45. The average molecular weight is 284 g/mol. The zero-order chi connectivity index (χ0) is 14.7. The van der Waals surface area contributed by atoms with Gasteiger partial charge in [0, 0.05) is 6.42 Å². The van der Waals surface area contributed by atoms with Crippen molar-refractivity contribution in [2.75, 3.05) is 13.2 Å². The monoisotopic (exact) mass is 284 g/mol. The minimum absolute atomic E-state index is 0.645. The fourth-order valence-corrected chi connectivity index (χ4v) is 2.48. The van der Waals surface area contributed by atoms with E-state index in [-0.39, 0.29) is 0 Å². The first kappa shape index (κ1) is 14.0. The molecule has 1 aliphatic rings. The quantitative estimate of drug-likeness (QED) is 0.937. The van der Waals surface area contributed by atoms with Gasteiger partial charge < -0.3 is 14.6 Å². The van der Waals surface area contributed by atoms with Gasteiger partial charge in [-0.25, -0.2) is 0 Å². The van der Waals surface area contributed by atoms with Crippen molar-refractivity contribution in [1.82, 2.24) is 0 Å². The van der Waals surface area contributed by atoms with Crippen LogP contribution in [0.25, 0.3) is 0 Å². The maximum absolute atomic E-state index is 10.5. The number of ether oxygens (including phenoxy) is 2. The van der Waals surface area contributed by atoms with E-state index < -0.39 is 6.10 Å². The Hall–Kier alpha value is -2.00. The van der Waals surface area contributed by atoms with Gasteiger partial charge in [0.25, 0.3) is 0 Å². The van der Waals surface area contributed by atoms with E-state index in [1.54, 1.807) is 0 Å². The molecule has 21 heavy (non-hydrogen) atoms. The molecule has 0 bridgehead atoms. The number of hydrogen-bond donors (Lipinski definition) is 1. The van der Waals surface area contributed by atoms with Gasteiger partial charge in [-0.2, -0.15) is 0 Å². The van der Waals surface area contributed by atoms with Crippen LogP contribution in [0, 0.1) is 0 Å². The van der Waals surface area contributed by atoms with Crippen molar-refractivity contribution in [1.29, 1.82) is 0 Å². The third-order valence-electron chi connectivity index (χ3n) is 3.79. The van der Waals surface area contributed by atoms with Crippen LogP contribution in [-0.2, 0) is 6.42 Å². The van der Waals surface area contributed by atoms with Crippen LogP contribution in [0.15, 0.2) is 42.5 Å². The highest BCUT2D eigenvalue weighted by Gasteiger charge is 2.15. The summed E-state index contributed by atoms with van der Waals surface area (Å²) in [5, 5.41) is 10.5. The van der Waals surface area contributed by atoms with Crippen molar-refractivity contribution >= 4 is 0 Å². The number of aryl methyl sites for hydroxylation is 1. The summed E-state index contributed by atoms with van der Waals surface area (Å²) < 4.78 is 11.3. The summed E-state index contributed by atoms with van der Waals surface area (Å²) in [4.78, 5) is 0. The smallest absolute Gasteiger partial charge is 0.161 e. The molecule has 0 aliphatic carbocycles. The first-order chi connectivity index (χ1) is 10.3. The molecular formula is C18H20O3. The van der Waals surface area contributed by atoms with Gasteiger partial charge in [-0.15, -0.1) is 0 Å². The summed E-state index contributed by atoms with van der Waals surface area (Å²) in [7, 11) is 0. The molecule has 1 atom stereocenters. The lowest BCUT2D eigenvalue weighted by Gasteiger charge is -2.15. The minimum atomic E-state index is -0.645. The Morgan fingerprint density at radius 3 is 2.33 bits per heavy atom. The first-order valence-electron chi connectivity index (χ1n) is 7.44. The molecule has 0 aromatic heterocycles. The molecule has 0 saturated heterocycles. The number of aliphatic hydroxyl groups is 1. The zero-order valence-corrected chi connectivity index (χ0v) is 12.2. The highest BCUT2D eigenvalue weighted by Crippen LogP contribution is 2.34. The van der Waals surface area contributed by atoms with Gasteiger partial charge in [0.15, 0.2) is 11.5 Å². The van der Waals surface area contributed by atoms with E-state index in [1.165, 1.54) is 5.56 Å². The average Bonchev–Trinajstić information content (AvgIpc) is 2.79. The van der Waals surface area contributed by atoms with Gasteiger partial charge in [-0.05, 0) is 35.2 Å². The van der Waals surface area contributed by atoms with Crippen molar-refractivity contribution in [3.8, 4) is 11.5 Å². The van der Waals surface area contributed by atoms with Crippen LogP contribution in [0.3, 0.4) is 0 Å². The molecule has 1 unspecified atom stereocenters. The van der Waals surface area contributed by atoms with E-state index in [2.05, 4.69) is 19.1 Å². The van der Waals surface area contributed by atoms with Gasteiger partial charge in [-0.1, -0.05) is 37.3 Å². The maximum atomic E-state index is 10.5. The molecule has 2 aromatic carbocycles. The lowest BCUT2D eigenvalue weighted by molar-refractivity contribution is 0.219. The Morgan fingerprint density at radius 1 is 0.952 bits per heavy atom. The Labute approximate surface area is 125 Å². The highest BCUT2D eigenvalue weighted by atomic mass is 16.5. The second-order valence-corrected chi connectivity index (χ2v) is 5.25. The predicted octanol–water partition coefficient (Wildman–Crippen LogP) is 3.49. The summed E-state index contributed by atoms with van der Waals surface area (Å²) >= 11 is 0. The summed E-state index contributed by atoms with van der Waals surface area (Å²) in [5.74, 6) is 1.47. The molecule has 1 N–H and O–H groups in total. The van der Waals surface area contributed by atoms with E-state index in [0.29, 0.717) is 19.0 Å². The molecule has 110 valence electrons. The third kappa shape index (κ3) is 3.03. The lowest BCUT2D eigenvalue weighted by Crippen LogP contribution is -2.01. The molecule has 3 nitrogen and oxygen atoms in total. The molecule has 2 aromatic rings. The van der Waals surface area contributed by atoms with Crippen molar-refractivity contribution in [2.45, 2.75) is 25.9 Å². The molecular weight excluding hydrogens is 264 g/mol. The van der Waals surface area contributed by atoms with Crippen molar-refractivity contribution < 1.29 is 14.6 Å². The topological polar surface area (TPSA) is 38.7 Å². The van der Waals surface area contributed by atoms with Crippen LogP contribution < -0.4 is 9.47 Å². The first-order valence-corrected chi connectivity index (χ1v) is 7.44. The molecule has 3 heteroatoms. The number of rotatable bonds is 3. The van der Waals surface area contributed by atoms with E-state index in [0.717, 1.165) is 29.7 Å². The molecule has 1 aliphatic heterocycles. The number of benzene rings is 2. The fraction of sp³-hybridized carbons (Fsp3) is 0.333. The number of hydrogen-bond acceptors (Lipinski definition) is 3. The van der Waals surface area contributed by atoms with Crippen LogP contribution in [-0.4, -0.2) is 18.3 Å². The molecule has 1 heterocycles. The summed E-state index contributed by atoms with van der Waals surface area (Å²) in [6, 6.07) is 13.7. The summed E-state index contributed by atoms with van der Waals surface area (Å²) in [6.07, 6.45) is 1.24. The molecule has 0 radical (unpaired) electrons. The van der Waals surface area contributed by atoms with Gasteiger partial charge in [0.1, 0.15) is 6.10 Å². The van der Waals surface area contributed by atoms with Crippen molar-refractivity contribution in [3.05, 3.63) is 59.2 Å². The molecule has 0 spiro atoms. The Balaban J connectivity index is 1.86. The molecule has 0 amide bonds. The largest absolute Gasteiger partial charge is 0.490 e. The van der Waals surface area contributed by atoms with Crippen LogP contribution in [0.5, 0.6) is 11.5 Å². The Bertz CT molecular complexity index is 604. The minimum Gasteiger partial charge on any atom is -0.490 e. The van der Waals surface area contributed by atoms with Crippen LogP contribution in [0.2, 0.25) is 0 Å². The van der Waals surface area contributed by atoms with Gasteiger partial charge in [0.2, 0.25) is 0 Å². The predicted molar refractivity (Wildman–Crippen MR) is 81.9 cm³/mol. The molecule has 0 fully saturated rings. The number of aliphatic hydroxyl groups excluding tert-OH is 1. The maximum Gasteiger partial charge on any atom is 0.161 e. The second-order valence-electron chi connectivity index (χ2n) is 5.25. The van der Waals surface area contributed by atoms with Crippen LogP contribution in [0.1, 0.15) is 36.1 Å². The molecule has 3 rings (SSSR count). The molecule has 0 saturated carbocycles. The number of fused-ring (bicyclic) bond motifs is 1. The fourth-order valence-electron chi connectivity index (χ4n) is 2.48. The Kier molecular flexibility index (Phi) is 4.11. The summed E-state index contributed by atoms with van der Waals surface area (Å²) in [5.41, 5.74) is 2.98. The van der Waals surface area contributed by atoms with Crippen molar-refractivity contribution in [3.63, 3.8) is 0 Å². The van der Waals surface area contributed by atoms with Crippen LogP contribution >= 0.6 is 0 Å². The zero-order valence-electron chi connectivity index (χ0n) is 12.2. The van der Waals surface area contributed by atoms with E-state index in [9.17, 15) is 5.11 Å². The van der Waals surface area contributed by atoms with Gasteiger partial charge >= 0.3 is 0 Å². The normalized spacial score (nSPS) is 15.3. The lowest BCUT2D eigenvalue weighted by atomic mass is 9.99. The second kappa shape index (κ2) is 6.19. The van der Waals surface area contributed by atoms with Crippen molar-refractivity contribution in [2.24, 2.45) is 0 Å².